The van der Waals surface area contributed by atoms with Crippen molar-refractivity contribution < 1.29 is 33.9 Å². The van der Waals surface area contributed by atoms with Gasteiger partial charge in [-0.2, -0.15) is 0 Å². The van der Waals surface area contributed by atoms with Gasteiger partial charge in [0.05, 0.1) is 78.3 Å². The summed E-state index contributed by atoms with van der Waals surface area (Å²) in [7, 11) is 0. The van der Waals surface area contributed by atoms with Crippen LogP contribution in [0.15, 0.2) is 0 Å². The van der Waals surface area contributed by atoms with Crippen LogP contribution in [0.1, 0.15) is 26.7 Å². The number of ether oxygens (including phenoxy) is 5. The molecule has 0 unspecified atom stereocenters. The van der Waals surface area contributed by atoms with E-state index in [-0.39, 0.29) is 17.4 Å². The Morgan fingerprint density at radius 2 is 1.24 bits per heavy atom. The molecule has 0 amide bonds. The average Bonchev–Trinajstić information content (AvgIpc) is 2.50. The highest BCUT2D eigenvalue weighted by Gasteiger charge is 2.47. The van der Waals surface area contributed by atoms with Crippen LogP contribution < -0.4 is 0 Å². The topological polar surface area (TPSA) is 86.6 Å². The summed E-state index contributed by atoms with van der Waals surface area (Å²) in [6, 6.07) is 0. The fourth-order valence-electron chi connectivity index (χ4n) is 3.63. The van der Waals surface area contributed by atoms with Gasteiger partial charge in [0.1, 0.15) is 0 Å². The van der Waals surface area contributed by atoms with Gasteiger partial charge in [-0.05, 0) is 12.8 Å². The van der Waals surface area contributed by atoms with Crippen molar-refractivity contribution in [3.05, 3.63) is 0 Å². The Bertz CT molecular complexity index is 358. The molecule has 0 saturated carbocycles. The molecule has 7 heteroatoms. The van der Waals surface area contributed by atoms with Gasteiger partial charge in [0, 0.05) is 10.8 Å². The van der Waals surface area contributed by atoms with Gasteiger partial charge < -0.3 is 33.9 Å². The standard InChI is InChI=1S/C18H34O7/c1-16(11-24-12-16)9-18(20,10-17(2)13-25-14-17)15-23-8-7-22-6-5-21-4-3-19/h19-20H,3-15H2,1-2H3. The van der Waals surface area contributed by atoms with Crippen molar-refractivity contribution in [1.82, 2.24) is 0 Å². The van der Waals surface area contributed by atoms with E-state index < -0.39 is 5.60 Å². The molecular weight excluding hydrogens is 328 g/mol. The molecule has 148 valence electrons. The van der Waals surface area contributed by atoms with Crippen LogP contribution in [0.4, 0.5) is 0 Å². The van der Waals surface area contributed by atoms with Gasteiger partial charge in [0.25, 0.3) is 0 Å². The van der Waals surface area contributed by atoms with Crippen LogP contribution in [0.3, 0.4) is 0 Å². The third kappa shape index (κ3) is 7.09. The molecule has 0 bridgehead atoms. The molecule has 25 heavy (non-hydrogen) atoms. The Balaban J connectivity index is 1.67. The summed E-state index contributed by atoms with van der Waals surface area (Å²) in [6.07, 6.45) is 1.34. The normalized spacial score (nSPS) is 21.6. The molecule has 0 aromatic carbocycles. The Labute approximate surface area is 150 Å². The Morgan fingerprint density at radius 1 is 0.800 bits per heavy atom. The minimum absolute atomic E-state index is 0.0234. The fraction of sp³-hybridized carbons (Fsp3) is 1.00. The molecule has 2 aliphatic rings. The second-order valence-electron chi connectivity index (χ2n) is 8.19. The maximum atomic E-state index is 11.2. The molecule has 7 nitrogen and oxygen atoms in total. The molecule has 2 aliphatic heterocycles. The summed E-state index contributed by atoms with van der Waals surface area (Å²) in [5.74, 6) is 0. The summed E-state index contributed by atoms with van der Waals surface area (Å²) in [5, 5.41) is 19.8. The molecule has 0 atom stereocenters. The Morgan fingerprint density at radius 3 is 1.64 bits per heavy atom. The summed E-state index contributed by atoms with van der Waals surface area (Å²) in [4.78, 5) is 0. The predicted octanol–water partition coefficient (Wildman–Crippen LogP) is 0.613. The van der Waals surface area contributed by atoms with E-state index in [4.69, 9.17) is 28.8 Å². The second-order valence-corrected chi connectivity index (χ2v) is 8.19. The molecule has 0 aliphatic carbocycles. The monoisotopic (exact) mass is 362 g/mol. The summed E-state index contributed by atoms with van der Waals surface area (Å²) < 4.78 is 26.9. The van der Waals surface area contributed by atoms with Gasteiger partial charge in [-0.3, -0.25) is 0 Å². The molecule has 2 saturated heterocycles. The van der Waals surface area contributed by atoms with E-state index in [1.165, 1.54) is 0 Å². The second kappa shape index (κ2) is 9.60. The largest absolute Gasteiger partial charge is 0.394 e. The van der Waals surface area contributed by atoms with Gasteiger partial charge in [-0.1, -0.05) is 13.8 Å². The third-order valence-corrected chi connectivity index (χ3v) is 4.66. The van der Waals surface area contributed by atoms with Crippen molar-refractivity contribution in [3.63, 3.8) is 0 Å². The zero-order valence-electron chi connectivity index (χ0n) is 15.6. The number of hydrogen-bond acceptors (Lipinski definition) is 7. The van der Waals surface area contributed by atoms with Crippen LogP contribution in [-0.2, 0) is 23.7 Å². The van der Waals surface area contributed by atoms with E-state index in [1.807, 2.05) is 0 Å². The number of aliphatic hydroxyl groups is 2. The van der Waals surface area contributed by atoms with Crippen LogP contribution in [-0.4, -0.2) is 88.5 Å². The summed E-state index contributed by atoms with van der Waals surface area (Å²) in [6.45, 7) is 9.54. The molecule has 0 aromatic heterocycles. The van der Waals surface area contributed by atoms with Crippen LogP contribution in [0, 0.1) is 10.8 Å². The van der Waals surface area contributed by atoms with Crippen molar-refractivity contribution in [1.29, 1.82) is 0 Å². The van der Waals surface area contributed by atoms with Crippen LogP contribution in [0.5, 0.6) is 0 Å². The quantitative estimate of drug-likeness (QED) is 0.438. The first-order chi connectivity index (χ1) is 11.9. The van der Waals surface area contributed by atoms with Gasteiger partial charge in [0.2, 0.25) is 0 Å². The molecule has 2 heterocycles. The van der Waals surface area contributed by atoms with E-state index in [0.29, 0.717) is 78.9 Å². The highest BCUT2D eigenvalue weighted by Crippen LogP contribution is 2.43. The number of hydrogen-bond donors (Lipinski definition) is 2. The zero-order chi connectivity index (χ0) is 18.2. The van der Waals surface area contributed by atoms with Crippen LogP contribution >= 0.6 is 0 Å². The Hall–Kier alpha value is -0.280. The SMILES string of the molecule is CC1(CC(O)(COCCOCCOCCO)CC2(C)COC2)COC1. The number of aliphatic hydroxyl groups excluding tert-OH is 1. The van der Waals surface area contributed by atoms with E-state index >= 15 is 0 Å². The van der Waals surface area contributed by atoms with E-state index in [2.05, 4.69) is 13.8 Å². The average molecular weight is 362 g/mol. The number of rotatable bonds is 14. The fourth-order valence-corrected chi connectivity index (χ4v) is 3.63. The summed E-state index contributed by atoms with van der Waals surface area (Å²) in [5.41, 5.74) is -0.819. The molecule has 0 spiro atoms. The van der Waals surface area contributed by atoms with E-state index in [9.17, 15) is 5.11 Å². The first-order valence-electron chi connectivity index (χ1n) is 9.11. The van der Waals surface area contributed by atoms with Gasteiger partial charge in [0.15, 0.2) is 0 Å². The zero-order valence-corrected chi connectivity index (χ0v) is 15.6. The Kier molecular flexibility index (Phi) is 8.07. The predicted molar refractivity (Wildman–Crippen MR) is 91.6 cm³/mol. The highest BCUT2D eigenvalue weighted by atomic mass is 16.5. The first kappa shape index (κ1) is 21.0. The van der Waals surface area contributed by atoms with Crippen molar-refractivity contribution in [3.8, 4) is 0 Å². The van der Waals surface area contributed by atoms with E-state index in [1.54, 1.807) is 0 Å². The van der Waals surface area contributed by atoms with Crippen molar-refractivity contribution in [2.45, 2.75) is 32.3 Å². The molecule has 2 fully saturated rings. The molecule has 0 radical (unpaired) electrons. The lowest BCUT2D eigenvalue weighted by atomic mass is 9.70. The van der Waals surface area contributed by atoms with Crippen LogP contribution in [0.2, 0.25) is 0 Å². The maximum absolute atomic E-state index is 11.2. The lowest BCUT2D eigenvalue weighted by Gasteiger charge is -2.48. The molecule has 2 rings (SSSR count). The lowest BCUT2D eigenvalue weighted by Crippen LogP contribution is -2.53. The molecule has 0 aromatic rings. The van der Waals surface area contributed by atoms with Crippen molar-refractivity contribution in [2.75, 3.05) is 72.7 Å². The smallest absolute Gasteiger partial charge is 0.0894 e. The van der Waals surface area contributed by atoms with E-state index in [0.717, 1.165) is 0 Å². The highest BCUT2D eigenvalue weighted by molar-refractivity contribution is 4.97. The third-order valence-electron chi connectivity index (χ3n) is 4.66. The van der Waals surface area contributed by atoms with Crippen molar-refractivity contribution >= 4 is 0 Å². The molecule has 2 N–H and O–H groups in total. The van der Waals surface area contributed by atoms with Crippen LogP contribution in [0.25, 0.3) is 0 Å². The maximum Gasteiger partial charge on any atom is 0.0894 e. The van der Waals surface area contributed by atoms with Gasteiger partial charge >= 0.3 is 0 Å². The molecular formula is C18H34O7. The lowest BCUT2D eigenvalue weighted by molar-refractivity contribution is -0.191. The minimum Gasteiger partial charge on any atom is -0.394 e. The summed E-state index contributed by atoms with van der Waals surface area (Å²) >= 11 is 0. The van der Waals surface area contributed by atoms with Gasteiger partial charge in [-0.15, -0.1) is 0 Å². The van der Waals surface area contributed by atoms with Crippen molar-refractivity contribution in [2.24, 2.45) is 10.8 Å². The first-order valence-corrected chi connectivity index (χ1v) is 9.11. The van der Waals surface area contributed by atoms with Gasteiger partial charge in [-0.25, -0.2) is 0 Å². The minimum atomic E-state index is -0.874.